The van der Waals surface area contributed by atoms with Gasteiger partial charge in [-0.2, -0.15) is 0 Å². The number of hydrogen-bond donors (Lipinski definition) is 2. The Labute approximate surface area is 69.6 Å². The number of nitrogens with one attached hydrogen (secondary N) is 1. The fraction of sp³-hybridized carbons (Fsp3) is 0.667. The second-order valence-electron chi connectivity index (χ2n) is 2.39. The largest absolute Gasteiger partial charge is 0.378 e. The number of nitrogens with two attached hydrogens (primary N) is 1. The predicted octanol–water partition coefficient (Wildman–Crippen LogP) is -0.893. The normalized spacial score (nSPS) is 17.2. The predicted molar refractivity (Wildman–Crippen MR) is 40.5 cm³/mol. The fourth-order valence-electron chi connectivity index (χ4n) is 0.951. The van der Waals surface area contributed by atoms with Crippen molar-refractivity contribution in [1.29, 1.82) is 0 Å². The summed E-state index contributed by atoms with van der Waals surface area (Å²) in [6, 6.07) is -1.28. The van der Waals surface area contributed by atoms with E-state index in [1.165, 1.54) is 4.90 Å². The summed E-state index contributed by atoms with van der Waals surface area (Å²) in [5, 5.41) is 1.98. The first-order valence-electron chi connectivity index (χ1n) is 3.63. The molecule has 0 saturated carbocycles. The highest BCUT2D eigenvalue weighted by molar-refractivity contribution is 5.92. The lowest BCUT2D eigenvalue weighted by Gasteiger charge is -2.26. The van der Waals surface area contributed by atoms with Gasteiger partial charge in [0.25, 0.3) is 0 Å². The average Bonchev–Trinajstić information content (AvgIpc) is 2.05. The fourth-order valence-corrected chi connectivity index (χ4v) is 0.951. The molecule has 0 bridgehead atoms. The molecule has 0 aromatic carbocycles. The molecule has 1 aliphatic rings. The van der Waals surface area contributed by atoms with Crippen LogP contribution in [0.2, 0.25) is 0 Å². The van der Waals surface area contributed by atoms with E-state index in [1.54, 1.807) is 0 Å². The maximum absolute atomic E-state index is 11.1. The van der Waals surface area contributed by atoms with Gasteiger partial charge in [0.2, 0.25) is 0 Å². The number of morpholine rings is 1. The zero-order chi connectivity index (χ0) is 8.97. The molecule has 4 amide bonds. The third-order valence-electron chi connectivity index (χ3n) is 1.53. The molecule has 0 radical (unpaired) electrons. The van der Waals surface area contributed by atoms with Crippen LogP contribution in [0.15, 0.2) is 0 Å². The van der Waals surface area contributed by atoms with Crippen molar-refractivity contribution >= 4 is 12.1 Å². The van der Waals surface area contributed by atoms with Gasteiger partial charge in [-0.1, -0.05) is 0 Å². The Kier molecular flexibility index (Phi) is 2.87. The Hall–Kier alpha value is -1.30. The van der Waals surface area contributed by atoms with Crippen molar-refractivity contribution < 1.29 is 14.3 Å². The summed E-state index contributed by atoms with van der Waals surface area (Å²) in [4.78, 5) is 22.8. The molecular formula is C6H11N3O3. The minimum atomic E-state index is -0.827. The summed E-state index contributed by atoms with van der Waals surface area (Å²) >= 11 is 0. The first-order valence-corrected chi connectivity index (χ1v) is 3.63. The summed E-state index contributed by atoms with van der Waals surface area (Å²) in [5.74, 6) is 0. The van der Waals surface area contributed by atoms with E-state index in [1.807, 2.05) is 5.32 Å². The summed E-state index contributed by atoms with van der Waals surface area (Å²) in [6.45, 7) is 2.01. The monoisotopic (exact) mass is 173 g/mol. The van der Waals surface area contributed by atoms with Crippen LogP contribution in [0, 0.1) is 0 Å². The third kappa shape index (κ3) is 2.39. The lowest BCUT2D eigenvalue weighted by molar-refractivity contribution is 0.0539. The molecule has 68 valence electrons. The Morgan fingerprint density at radius 2 is 1.92 bits per heavy atom. The Morgan fingerprint density at radius 1 is 1.33 bits per heavy atom. The van der Waals surface area contributed by atoms with Crippen molar-refractivity contribution in [1.82, 2.24) is 10.2 Å². The second-order valence-corrected chi connectivity index (χ2v) is 2.39. The van der Waals surface area contributed by atoms with Crippen molar-refractivity contribution in [3.05, 3.63) is 0 Å². The number of urea groups is 2. The summed E-state index contributed by atoms with van der Waals surface area (Å²) in [5.41, 5.74) is 4.77. The van der Waals surface area contributed by atoms with E-state index in [0.717, 1.165) is 0 Å². The number of carbonyl (C=O) groups is 2. The zero-order valence-corrected chi connectivity index (χ0v) is 6.58. The molecule has 0 aromatic rings. The Morgan fingerprint density at radius 3 is 2.42 bits per heavy atom. The van der Waals surface area contributed by atoms with Gasteiger partial charge < -0.3 is 15.4 Å². The average molecular weight is 173 g/mol. The van der Waals surface area contributed by atoms with E-state index in [0.29, 0.717) is 26.3 Å². The van der Waals surface area contributed by atoms with Crippen LogP contribution in [0.4, 0.5) is 9.59 Å². The molecule has 1 fully saturated rings. The van der Waals surface area contributed by atoms with Crippen LogP contribution in [-0.4, -0.2) is 43.3 Å². The van der Waals surface area contributed by atoms with Gasteiger partial charge in [0.15, 0.2) is 0 Å². The quantitative estimate of drug-likeness (QED) is 0.498. The smallest absolute Gasteiger partial charge is 0.325 e. The van der Waals surface area contributed by atoms with Crippen LogP contribution < -0.4 is 11.1 Å². The molecule has 0 aliphatic carbocycles. The van der Waals surface area contributed by atoms with Gasteiger partial charge in [0.05, 0.1) is 13.2 Å². The number of carbonyl (C=O) groups excluding carboxylic acids is 2. The van der Waals surface area contributed by atoms with Crippen LogP contribution in [0.1, 0.15) is 0 Å². The topological polar surface area (TPSA) is 84.7 Å². The minimum absolute atomic E-state index is 0.453. The minimum Gasteiger partial charge on any atom is -0.378 e. The lowest BCUT2D eigenvalue weighted by Crippen LogP contribution is -2.49. The third-order valence-corrected chi connectivity index (χ3v) is 1.53. The highest BCUT2D eigenvalue weighted by atomic mass is 16.5. The molecule has 0 unspecified atom stereocenters. The lowest BCUT2D eigenvalue weighted by atomic mass is 10.4. The van der Waals surface area contributed by atoms with Gasteiger partial charge in [0.1, 0.15) is 0 Å². The van der Waals surface area contributed by atoms with E-state index in [2.05, 4.69) is 0 Å². The van der Waals surface area contributed by atoms with Gasteiger partial charge in [0, 0.05) is 13.1 Å². The van der Waals surface area contributed by atoms with E-state index in [4.69, 9.17) is 10.5 Å². The number of ether oxygens (including phenoxy) is 1. The van der Waals surface area contributed by atoms with Crippen molar-refractivity contribution in [3.8, 4) is 0 Å². The first kappa shape index (κ1) is 8.79. The zero-order valence-electron chi connectivity index (χ0n) is 6.58. The highest BCUT2D eigenvalue weighted by Crippen LogP contribution is 1.96. The first-order chi connectivity index (χ1) is 5.70. The number of rotatable bonds is 0. The van der Waals surface area contributed by atoms with E-state index < -0.39 is 12.1 Å². The molecule has 1 aliphatic heterocycles. The molecular weight excluding hydrogens is 162 g/mol. The van der Waals surface area contributed by atoms with Gasteiger partial charge in [-0.25, -0.2) is 9.59 Å². The molecule has 0 aromatic heterocycles. The number of hydrogen-bond acceptors (Lipinski definition) is 3. The number of imide groups is 1. The summed E-state index contributed by atoms with van der Waals surface area (Å²) in [6.07, 6.45) is 0. The standard InChI is InChI=1S/C6H11N3O3/c7-5(10)8-6(11)9-1-3-12-4-2-9/h1-4H2,(H3,7,8,10,11). The van der Waals surface area contributed by atoms with Gasteiger partial charge >= 0.3 is 12.1 Å². The van der Waals surface area contributed by atoms with Crippen LogP contribution in [0.25, 0.3) is 0 Å². The van der Waals surface area contributed by atoms with Crippen LogP contribution in [0.5, 0.6) is 0 Å². The van der Waals surface area contributed by atoms with Crippen molar-refractivity contribution in [3.63, 3.8) is 0 Å². The summed E-state index contributed by atoms with van der Waals surface area (Å²) < 4.78 is 5.02. The van der Waals surface area contributed by atoms with Crippen LogP contribution >= 0.6 is 0 Å². The summed E-state index contributed by atoms with van der Waals surface area (Å²) in [7, 11) is 0. The SMILES string of the molecule is NC(=O)NC(=O)N1CCOCC1. The molecule has 3 N–H and O–H groups in total. The van der Waals surface area contributed by atoms with E-state index in [9.17, 15) is 9.59 Å². The Bertz CT molecular complexity index is 188. The van der Waals surface area contributed by atoms with Gasteiger partial charge in [-0.3, -0.25) is 5.32 Å². The van der Waals surface area contributed by atoms with Crippen molar-refractivity contribution in [2.24, 2.45) is 5.73 Å². The van der Waals surface area contributed by atoms with Crippen molar-refractivity contribution in [2.45, 2.75) is 0 Å². The Balaban J connectivity index is 2.34. The highest BCUT2D eigenvalue weighted by Gasteiger charge is 2.17. The maximum atomic E-state index is 11.1. The number of primary amides is 1. The van der Waals surface area contributed by atoms with Crippen molar-refractivity contribution in [2.75, 3.05) is 26.3 Å². The molecule has 0 spiro atoms. The van der Waals surface area contributed by atoms with Crippen LogP contribution in [0.3, 0.4) is 0 Å². The second kappa shape index (κ2) is 3.91. The number of nitrogens with zero attached hydrogens (tertiary/aromatic N) is 1. The van der Waals surface area contributed by atoms with E-state index >= 15 is 0 Å². The molecule has 0 atom stereocenters. The molecule has 1 rings (SSSR count). The molecule has 6 nitrogen and oxygen atoms in total. The van der Waals surface area contributed by atoms with Gasteiger partial charge in [-0.05, 0) is 0 Å². The molecule has 1 saturated heterocycles. The number of amides is 4. The van der Waals surface area contributed by atoms with E-state index in [-0.39, 0.29) is 0 Å². The van der Waals surface area contributed by atoms with Crippen LogP contribution in [-0.2, 0) is 4.74 Å². The van der Waals surface area contributed by atoms with Gasteiger partial charge in [-0.15, -0.1) is 0 Å². The molecule has 1 heterocycles. The molecule has 6 heteroatoms. The molecule has 12 heavy (non-hydrogen) atoms. The maximum Gasteiger partial charge on any atom is 0.325 e.